The summed E-state index contributed by atoms with van der Waals surface area (Å²) in [6.07, 6.45) is 9.42. The zero-order valence-electron chi connectivity index (χ0n) is 22.8. The molecule has 0 radical (unpaired) electrons. The molecule has 6 heteroatoms. The van der Waals surface area contributed by atoms with E-state index in [2.05, 4.69) is 26.1 Å². The third-order valence-electron chi connectivity index (χ3n) is 11.8. The zero-order valence-corrected chi connectivity index (χ0v) is 22.8. The Morgan fingerprint density at radius 2 is 1.76 bits per heavy atom. The fourth-order valence-electron chi connectivity index (χ4n) is 9.66. The topological polar surface area (TPSA) is 113 Å². The van der Waals surface area contributed by atoms with E-state index in [0.29, 0.717) is 53.2 Å². The van der Waals surface area contributed by atoms with E-state index in [-0.39, 0.29) is 28.9 Å². The second-order valence-corrected chi connectivity index (χ2v) is 13.4. The minimum atomic E-state index is -0.481. The maximum atomic E-state index is 12.7. The van der Waals surface area contributed by atoms with Crippen LogP contribution in [0.2, 0.25) is 0 Å². The molecule has 2 amide bonds. The lowest BCUT2D eigenvalue weighted by molar-refractivity contribution is -0.174. The first-order valence-electron chi connectivity index (χ1n) is 14.6. The van der Waals surface area contributed by atoms with Crippen molar-refractivity contribution in [3.63, 3.8) is 0 Å². The molecule has 1 aromatic rings. The molecule has 0 spiro atoms. The zero-order chi connectivity index (χ0) is 26.5. The molecule has 5 N–H and O–H groups in total. The van der Waals surface area contributed by atoms with Crippen LogP contribution in [-0.4, -0.2) is 34.2 Å². The number of hydrogen-bond acceptors (Lipinski definition) is 4. The molecule has 0 bridgehead atoms. The third-order valence-corrected chi connectivity index (χ3v) is 11.8. The van der Waals surface area contributed by atoms with Crippen LogP contribution in [0.25, 0.3) is 0 Å². The molecular weight excluding hydrogens is 464 g/mol. The van der Waals surface area contributed by atoms with Crippen LogP contribution in [0.5, 0.6) is 0 Å². The van der Waals surface area contributed by atoms with E-state index in [4.69, 9.17) is 5.73 Å². The van der Waals surface area contributed by atoms with Gasteiger partial charge >= 0.3 is 0 Å². The average Bonchev–Trinajstić information content (AvgIpc) is 3.23. The first kappa shape index (κ1) is 26.7. The summed E-state index contributed by atoms with van der Waals surface area (Å²) < 4.78 is 0. The molecule has 6 nitrogen and oxygen atoms in total. The summed E-state index contributed by atoms with van der Waals surface area (Å²) >= 11 is 0. The Kier molecular flexibility index (Phi) is 7.21. The average molecular weight is 511 g/mol. The number of anilines is 1. The number of benzene rings is 1. The van der Waals surface area contributed by atoms with E-state index in [1.54, 1.807) is 24.3 Å². The van der Waals surface area contributed by atoms with Crippen LogP contribution in [0, 0.1) is 46.3 Å². The van der Waals surface area contributed by atoms with Crippen molar-refractivity contribution in [1.29, 1.82) is 0 Å². The van der Waals surface area contributed by atoms with Crippen molar-refractivity contribution in [3.05, 3.63) is 29.8 Å². The summed E-state index contributed by atoms with van der Waals surface area (Å²) in [6.45, 7) is 7.09. The smallest absolute Gasteiger partial charge is 0.248 e. The van der Waals surface area contributed by atoms with Crippen LogP contribution in [0.3, 0.4) is 0 Å². The molecule has 0 aliphatic heterocycles. The molecule has 10 atom stereocenters. The van der Waals surface area contributed by atoms with Crippen LogP contribution in [0.1, 0.15) is 95.3 Å². The number of primary amides is 1. The van der Waals surface area contributed by atoms with Crippen LogP contribution in [0.15, 0.2) is 24.3 Å². The van der Waals surface area contributed by atoms with Crippen molar-refractivity contribution in [2.75, 3.05) is 5.32 Å². The van der Waals surface area contributed by atoms with Gasteiger partial charge in [0.25, 0.3) is 0 Å². The monoisotopic (exact) mass is 510 g/mol. The number of aliphatic hydroxyl groups is 2. The molecule has 4 saturated carbocycles. The van der Waals surface area contributed by atoms with Gasteiger partial charge in [-0.15, -0.1) is 0 Å². The van der Waals surface area contributed by atoms with Gasteiger partial charge in [0.1, 0.15) is 0 Å². The van der Waals surface area contributed by atoms with Gasteiger partial charge in [0.05, 0.1) is 12.2 Å². The van der Waals surface area contributed by atoms with Crippen LogP contribution >= 0.6 is 0 Å². The Morgan fingerprint density at radius 3 is 2.46 bits per heavy atom. The Bertz CT molecular complexity index is 1010. The lowest BCUT2D eigenvalue weighted by atomic mass is 9.43. The summed E-state index contributed by atoms with van der Waals surface area (Å²) in [5.74, 6) is 2.67. The van der Waals surface area contributed by atoms with Gasteiger partial charge in [0.2, 0.25) is 11.8 Å². The Hall–Kier alpha value is -1.92. The largest absolute Gasteiger partial charge is 0.393 e. The van der Waals surface area contributed by atoms with Crippen LogP contribution in [-0.2, 0) is 4.79 Å². The lowest BCUT2D eigenvalue weighted by Gasteiger charge is -2.62. The van der Waals surface area contributed by atoms with Crippen molar-refractivity contribution >= 4 is 17.5 Å². The van der Waals surface area contributed by atoms with Gasteiger partial charge in [-0.1, -0.05) is 20.8 Å². The first-order chi connectivity index (χ1) is 17.5. The molecule has 4 aliphatic carbocycles. The van der Waals surface area contributed by atoms with E-state index in [1.807, 2.05) is 0 Å². The summed E-state index contributed by atoms with van der Waals surface area (Å²) in [5, 5.41) is 25.0. The van der Waals surface area contributed by atoms with Crippen molar-refractivity contribution < 1.29 is 19.8 Å². The van der Waals surface area contributed by atoms with Gasteiger partial charge in [-0.25, -0.2) is 0 Å². The highest BCUT2D eigenvalue weighted by molar-refractivity contribution is 5.94. The Balaban J connectivity index is 1.22. The minimum Gasteiger partial charge on any atom is -0.393 e. The number of carbonyl (C=O) groups excluding carboxylic acids is 2. The summed E-state index contributed by atoms with van der Waals surface area (Å²) in [6, 6.07) is 6.67. The van der Waals surface area contributed by atoms with Gasteiger partial charge in [-0.2, -0.15) is 0 Å². The van der Waals surface area contributed by atoms with Crippen molar-refractivity contribution in [3.8, 4) is 0 Å². The van der Waals surface area contributed by atoms with E-state index < -0.39 is 5.91 Å². The molecule has 0 heterocycles. The van der Waals surface area contributed by atoms with Crippen molar-refractivity contribution in [2.45, 2.75) is 97.2 Å². The first-order valence-corrected chi connectivity index (χ1v) is 14.6. The fraction of sp³-hybridized carbons (Fsp3) is 0.742. The molecule has 5 rings (SSSR count). The quantitative estimate of drug-likeness (QED) is 0.425. The van der Waals surface area contributed by atoms with Crippen LogP contribution in [0.4, 0.5) is 5.69 Å². The standard InChI is InChI=1S/C31H46N2O4/c1-18(4-13-28(36)33-21-8-5-19(6-9-21)29(32)37)24-11-12-25-23-10-7-20-16-22(34)14-15-30(20,2)26(23)17-27(35)31(24,25)3/h5-6,8-9,18,20,22-27,34-35H,4,7,10-17H2,1-3H3,(H2,32,37)(H,33,36)/t18-,20+,22-,23+,24+,25-,26-,27+,30+,31-/m1/s1. The normalized spacial score (nSPS) is 41.7. The van der Waals surface area contributed by atoms with Crippen LogP contribution < -0.4 is 11.1 Å². The van der Waals surface area contributed by atoms with Gasteiger partial charge in [-0.3, -0.25) is 9.59 Å². The van der Waals surface area contributed by atoms with E-state index in [1.165, 1.54) is 19.3 Å². The van der Waals surface area contributed by atoms with Crippen molar-refractivity contribution in [2.24, 2.45) is 52.1 Å². The highest BCUT2D eigenvalue weighted by Gasteiger charge is 2.63. The second-order valence-electron chi connectivity index (χ2n) is 13.4. The van der Waals surface area contributed by atoms with Crippen molar-refractivity contribution in [1.82, 2.24) is 0 Å². The fourth-order valence-corrected chi connectivity index (χ4v) is 9.66. The Labute approximate surface area is 221 Å². The Morgan fingerprint density at radius 1 is 1.03 bits per heavy atom. The summed E-state index contributed by atoms with van der Waals surface area (Å²) in [4.78, 5) is 24.0. The number of aliphatic hydroxyl groups excluding tert-OH is 2. The van der Waals surface area contributed by atoms with E-state index in [0.717, 1.165) is 38.5 Å². The minimum absolute atomic E-state index is 0.0200. The lowest BCUT2D eigenvalue weighted by Crippen LogP contribution is -2.58. The SMILES string of the molecule is C[C@H](CCC(=O)Nc1ccc(C(N)=O)cc1)[C@@H]1CC[C@@H]2[C@@H]3CC[C@H]4C[C@H](O)CC[C@]4(C)[C@@H]3C[C@H](O)[C@@]21C. The third kappa shape index (κ3) is 4.63. The predicted octanol–water partition coefficient (Wildman–Crippen LogP) is 5.13. The predicted molar refractivity (Wildman–Crippen MR) is 145 cm³/mol. The summed E-state index contributed by atoms with van der Waals surface area (Å²) in [5.41, 5.74) is 6.56. The van der Waals surface area contributed by atoms with E-state index in [9.17, 15) is 19.8 Å². The van der Waals surface area contributed by atoms with Gasteiger partial charge < -0.3 is 21.3 Å². The molecule has 4 aliphatic rings. The van der Waals surface area contributed by atoms with Gasteiger partial charge in [0.15, 0.2) is 0 Å². The number of hydrogen-bond donors (Lipinski definition) is 4. The highest BCUT2D eigenvalue weighted by atomic mass is 16.3. The molecular formula is C31H46N2O4. The molecule has 1 aromatic carbocycles. The molecule has 4 fully saturated rings. The molecule has 0 saturated heterocycles. The highest BCUT2D eigenvalue weighted by Crippen LogP contribution is 2.68. The second kappa shape index (κ2) is 10.00. The number of nitrogens with one attached hydrogen (secondary N) is 1. The molecule has 0 aromatic heterocycles. The number of amides is 2. The maximum absolute atomic E-state index is 12.7. The summed E-state index contributed by atoms with van der Waals surface area (Å²) in [7, 11) is 0. The van der Waals surface area contributed by atoms with E-state index >= 15 is 0 Å². The maximum Gasteiger partial charge on any atom is 0.248 e. The number of carbonyl (C=O) groups is 2. The van der Waals surface area contributed by atoms with Gasteiger partial charge in [0, 0.05) is 17.7 Å². The molecule has 0 unspecified atom stereocenters. The number of nitrogens with two attached hydrogens (primary N) is 1. The molecule has 204 valence electrons. The molecule has 37 heavy (non-hydrogen) atoms. The number of fused-ring (bicyclic) bond motifs is 5. The number of rotatable bonds is 6. The van der Waals surface area contributed by atoms with Gasteiger partial charge in [-0.05, 0) is 128 Å².